The molecule has 0 unspecified atom stereocenters. The molecular weight excluding hydrogens is 284 g/mol. The molecule has 0 aliphatic carbocycles. The van der Waals surface area contributed by atoms with Crippen LogP contribution in [0.5, 0.6) is 0 Å². The molecule has 1 aromatic carbocycles. The second-order valence-electron chi connectivity index (χ2n) is 5.79. The molecule has 23 heavy (non-hydrogen) atoms. The second-order valence-corrected chi connectivity index (χ2v) is 5.79. The van der Waals surface area contributed by atoms with Crippen LogP contribution in [0.25, 0.3) is 11.1 Å². The van der Waals surface area contributed by atoms with Gasteiger partial charge in [-0.05, 0) is 54.9 Å². The summed E-state index contributed by atoms with van der Waals surface area (Å²) in [7, 11) is 2.16. The lowest BCUT2D eigenvalue weighted by Gasteiger charge is -2.25. The third-order valence-corrected chi connectivity index (χ3v) is 4.28. The minimum absolute atomic E-state index is 0.354. The zero-order chi connectivity index (χ0) is 16.1. The van der Waals surface area contributed by atoms with Gasteiger partial charge >= 0.3 is 0 Å². The van der Waals surface area contributed by atoms with Gasteiger partial charge in [0.2, 0.25) is 0 Å². The summed E-state index contributed by atoms with van der Waals surface area (Å²) in [6.07, 6.45) is 7.49. The molecule has 2 heterocycles. The fraction of sp³-hybridized carbons (Fsp3) is 0.263. The van der Waals surface area contributed by atoms with E-state index in [4.69, 9.17) is 0 Å². The number of pyridine rings is 1. The number of aromatic nitrogens is 3. The molecule has 3 aromatic rings. The van der Waals surface area contributed by atoms with Crippen LogP contribution in [-0.2, 0) is 6.54 Å². The van der Waals surface area contributed by atoms with Crippen molar-refractivity contribution in [1.29, 1.82) is 0 Å². The van der Waals surface area contributed by atoms with E-state index in [2.05, 4.69) is 53.2 Å². The van der Waals surface area contributed by atoms with Crippen molar-refractivity contribution in [3.63, 3.8) is 0 Å². The summed E-state index contributed by atoms with van der Waals surface area (Å²) >= 11 is 0. The van der Waals surface area contributed by atoms with Crippen LogP contribution < -0.4 is 0 Å². The summed E-state index contributed by atoms with van der Waals surface area (Å²) in [6.45, 7) is 4.11. The zero-order valence-electron chi connectivity index (χ0n) is 13.6. The van der Waals surface area contributed by atoms with Gasteiger partial charge in [0.05, 0.1) is 6.54 Å². The van der Waals surface area contributed by atoms with E-state index in [-0.39, 0.29) is 0 Å². The number of rotatable bonds is 6. The van der Waals surface area contributed by atoms with E-state index in [1.165, 1.54) is 16.7 Å². The maximum atomic E-state index is 4.26. The minimum Gasteiger partial charge on any atom is -0.298 e. The molecule has 0 bridgehead atoms. The van der Waals surface area contributed by atoms with Crippen LogP contribution >= 0.6 is 0 Å². The van der Waals surface area contributed by atoms with E-state index < -0.39 is 0 Å². The lowest BCUT2D eigenvalue weighted by molar-refractivity contribution is 0.247. The maximum absolute atomic E-state index is 4.26. The van der Waals surface area contributed by atoms with Gasteiger partial charge in [0.25, 0.3) is 0 Å². The third kappa shape index (κ3) is 3.85. The molecule has 4 heteroatoms. The Bertz CT molecular complexity index is 722. The minimum atomic E-state index is 0.354. The topological polar surface area (TPSA) is 34.0 Å². The maximum Gasteiger partial charge on any atom is 0.0536 e. The van der Waals surface area contributed by atoms with Gasteiger partial charge in [-0.1, -0.05) is 18.2 Å². The summed E-state index contributed by atoms with van der Waals surface area (Å²) < 4.78 is 1.97. The Morgan fingerprint density at radius 1 is 1.04 bits per heavy atom. The van der Waals surface area contributed by atoms with Gasteiger partial charge in [-0.3, -0.25) is 14.6 Å². The van der Waals surface area contributed by atoms with E-state index in [1.54, 1.807) is 0 Å². The fourth-order valence-electron chi connectivity index (χ4n) is 2.66. The molecule has 0 amide bonds. The Hall–Kier alpha value is -2.46. The predicted octanol–water partition coefficient (Wildman–Crippen LogP) is 3.64. The molecular formula is C19H22N4. The number of likely N-dealkylation sites (N-methyl/N-ethyl adjacent to an activating group) is 1. The zero-order valence-corrected chi connectivity index (χ0v) is 13.6. The smallest absolute Gasteiger partial charge is 0.0536 e. The lowest BCUT2D eigenvalue weighted by atomic mass is 10.0. The van der Waals surface area contributed by atoms with Crippen LogP contribution in [0.4, 0.5) is 0 Å². The molecule has 0 radical (unpaired) electrons. The fourth-order valence-corrected chi connectivity index (χ4v) is 2.66. The van der Waals surface area contributed by atoms with Gasteiger partial charge in [0.1, 0.15) is 0 Å². The van der Waals surface area contributed by atoms with E-state index in [1.807, 2.05) is 47.7 Å². The highest BCUT2D eigenvalue weighted by molar-refractivity contribution is 5.63. The van der Waals surface area contributed by atoms with Gasteiger partial charge in [0, 0.05) is 37.4 Å². The van der Waals surface area contributed by atoms with Crippen LogP contribution in [0.15, 0.2) is 67.3 Å². The molecule has 2 aromatic heterocycles. The van der Waals surface area contributed by atoms with Crippen LogP contribution in [0.3, 0.4) is 0 Å². The summed E-state index contributed by atoms with van der Waals surface area (Å²) in [6, 6.07) is 15.1. The molecule has 0 spiro atoms. The normalized spacial score (nSPS) is 12.5. The molecule has 118 valence electrons. The van der Waals surface area contributed by atoms with Crippen LogP contribution in [-0.4, -0.2) is 33.3 Å². The number of hydrogen-bond acceptors (Lipinski definition) is 3. The highest BCUT2D eigenvalue weighted by Gasteiger charge is 2.12. The van der Waals surface area contributed by atoms with E-state index in [0.29, 0.717) is 6.04 Å². The van der Waals surface area contributed by atoms with E-state index in [0.717, 1.165) is 13.1 Å². The Kier molecular flexibility index (Phi) is 4.83. The summed E-state index contributed by atoms with van der Waals surface area (Å²) in [5, 5.41) is 4.26. The SMILES string of the molecule is C[C@H](c1cccc(-c2ccncc2)c1)N(C)CCn1cccn1. The first kappa shape index (κ1) is 15.4. The number of benzene rings is 1. The van der Waals surface area contributed by atoms with Crippen molar-refractivity contribution in [2.24, 2.45) is 0 Å². The van der Waals surface area contributed by atoms with Crippen molar-refractivity contribution in [2.75, 3.05) is 13.6 Å². The molecule has 3 rings (SSSR count). The largest absolute Gasteiger partial charge is 0.298 e. The van der Waals surface area contributed by atoms with Gasteiger partial charge in [-0.25, -0.2) is 0 Å². The molecule has 4 nitrogen and oxygen atoms in total. The van der Waals surface area contributed by atoms with Gasteiger partial charge < -0.3 is 0 Å². The first-order valence-corrected chi connectivity index (χ1v) is 7.92. The standard InChI is InChI=1S/C19H22N4/c1-16(22(2)13-14-23-12-4-9-21-23)18-5-3-6-19(15-18)17-7-10-20-11-8-17/h3-12,15-16H,13-14H2,1-2H3/t16-/m1/s1. The second kappa shape index (κ2) is 7.20. The molecule has 0 aliphatic heterocycles. The molecule has 0 N–H and O–H groups in total. The van der Waals surface area contributed by atoms with Crippen LogP contribution in [0.1, 0.15) is 18.5 Å². The van der Waals surface area contributed by atoms with Crippen molar-refractivity contribution in [3.8, 4) is 11.1 Å². The van der Waals surface area contributed by atoms with Crippen LogP contribution in [0, 0.1) is 0 Å². The highest BCUT2D eigenvalue weighted by atomic mass is 15.3. The van der Waals surface area contributed by atoms with Gasteiger partial charge in [-0.15, -0.1) is 0 Å². The quantitative estimate of drug-likeness (QED) is 0.697. The molecule has 0 aliphatic rings. The van der Waals surface area contributed by atoms with Crippen molar-refractivity contribution in [2.45, 2.75) is 19.5 Å². The van der Waals surface area contributed by atoms with E-state index >= 15 is 0 Å². The van der Waals surface area contributed by atoms with Gasteiger partial charge in [-0.2, -0.15) is 5.10 Å². The Labute approximate surface area is 137 Å². The van der Waals surface area contributed by atoms with Crippen molar-refractivity contribution < 1.29 is 0 Å². The summed E-state index contributed by atoms with van der Waals surface area (Å²) in [5.74, 6) is 0. The first-order chi connectivity index (χ1) is 11.2. The number of nitrogens with zero attached hydrogens (tertiary/aromatic N) is 4. The van der Waals surface area contributed by atoms with E-state index in [9.17, 15) is 0 Å². The molecule has 1 atom stereocenters. The Morgan fingerprint density at radius 3 is 2.61 bits per heavy atom. The first-order valence-electron chi connectivity index (χ1n) is 7.92. The average Bonchev–Trinajstić information content (AvgIpc) is 3.13. The van der Waals surface area contributed by atoms with Crippen LogP contribution in [0.2, 0.25) is 0 Å². The predicted molar refractivity (Wildman–Crippen MR) is 92.9 cm³/mol. The molecule has 0 saturated carbocycles. The third-order valence-electron chi connectivity index (χ3n) is 4.28. The van der Waals surface area contributed by atoms with Crippen molar-refractivity contribution >= 4 is 0 Å². The Balaban J connectivity index is 1.70. The monoisotopic (exact) mass is 306 g/mol. The lowest BCUT2D eigenvalue weighted by Crippen LogP contribution is -2.26. The highest BCUT2D eigenvalue weighted by Crippen LogP contribution is 2.25. The summed E-state index contributed by atoms with van der Waals surface area (Å²) in [4.78, 5) is 6.44. The Morgan fingerprint density at radius 2 is 1.87 bits per heavy atom. The summed E-state index contributed by atoms with van der Waals surface area (Å²) in [5.41, 5.74) is 3.76. The molecule has 0 fully saturated rings. The number of hydrogen-bond donors (Lipinski definition) is 0. The van der Waals surface area contributed by atoms with Crippen molar-refractivity contribution in [3.05, 3.63) is 72.8 Å². The van der Waals surface area contributed by atoms with Gasteiger partial charge in [0.15, 0.2) is 0 Å². The van der Waals surface area contributed by atoms with Crippen molar-refractivity contribution in [1.82, 2.24) is 19.7 Å². The molecule has 0 saturated heterocycles. The average molecular weight is 306 g/mol.